The minimum atomic E-state index is -1.49. The SMILES string of the molecule is Cc1cccc(C2(O)c3ccc(-c4ccccc4)cc3C(O)(c3cccc(C)c3)c3ccc(-c4ccccc4)cc32)c1. The van der Waals surface area contributed by atoms with Crippen LogP contribution in [0.1, 0.15) is 44.5 Å². The van der Waals surface area contributed by atoms with Crippen LogP contribution in [0.15, 0.2) is 146 Å². The summed E-state index contributed by atoms with van der Waals surface area (Å²) in [7, 11) is 0. The van der Waals surface area contributed by atoms with Gasteiger partial charge in [-0.05, 0) is 81.6 Å². The lowest BCUT2D eigenvalue weighted by Crippen LogP contribution is -2.44. The third-order valence-corrected chi connectivity index (χ3v) is 8.68. The molecule has 1 aliphatic carbocycles. The summed E-state index contributed by atoms with van der Waals surface area (Å²) >= 11 is 0. The van der Waals surface area contributed by atoms with Crippen LogP contribution in [0.4, 0.5) is 0 Å². The maximum absolute atomic E-state index is 13.1. The molecular formula is C40H32O2. The number of hydrogen-bond donors (Lipinski definition) is 2. The molecule has 0 saturated carbocycles. The Hall–Kier alpha value is -4.76. The monoisotopic (exact) mass is 544 g/mol. The average Bonchev–Trinajstić information content (AvgIpc) is 3.04. The van der Waals surface area contributed by atoms with Crippen molar-refractivity contribution in [2.24, 2.45) is 0 Å². The van der Waals surface area contributed by atoms with Crippen molar-refractivity contribution in [2.45, 2.75) is 25.0 Å². The molecule has 0 saturated heterocycles. The Morgan fingerprint density at radius 3 is 1.14 bits per heavy atom. The van der Waals surface area contributed by atoms with Crippen LogP contribution in [-0.2, 0) is 11.2 Å². The van der Waals surface area contributed by atoms with E-state index in [9.17, 15) is 10.2 Å². The molecule has 0 fully saturated rings. The molecular weight excluding hydrogens is 512 g/mol. The van der Waals surface area contributed by atoms with Gasteiger partial charge in [0.1, 0.15) is 11.2 Å². The lowest BCUT2D eigenvalue weighted by atomic mass is 9.62. The molecule has 0 aromatic heterocycles. The van der Waals surface area contributed by atoms with Crippen LogP contribution in [0.3, 0.4) is 0 Å². The van der Waals surface area contributed by atoms with Crippen LogP contribution >= 0.6 is 0 Å². The smallest absolute Gasteiger partial charge is 0.141 e. The highest BCUT2D eigenvalue weighted by atomic mass is 16.3. The summed E-state index contributed by atoms with van der Waals surface area (Å²) < 4.78 is 0. The van der Waals surface area contributed by atoms with Crippen LogP contribution in [0.25, 0.3) is 22.3 Å². The van der Waals surface area contributed by atoms with Crippen molar-refractivity contribution in [3.63, 3.8) is 0 Å². The quantitative estimate of drug-likeness (QED) is 0.234. The van der Waals surface area contributed by atoms with Gasteiger partial charge in [-0.1, -0.05) is 145 Å². The van der Waals surface area contributed by atoms with Gasteiger partial charge in [0.05, 0.1) is 0 Å². The minimum Gasteiger partial charge on any atom is -0.376 e. The first kappa shape index (κ1) is 26.2. The van der Waals surface area contributed by atoms with Gasteiger partial charge in [-0.25, -0.2) is 0 Å². The molecule has 2 N–H and O–H groups in total. The second-order valence-electron chi connectivity index (χ2n) is 11.4. The van der Waals surface area contributed by atoms with Gasteiger partial charge in [-0.2, -0.15) is 0 Å². The second-order valence-corrected chi connectivity index (χ2v) is 11.4. The van der Waals surface area contributed by atoms with Gasteiger partial charge in [0.15, 0.2) is 0 Å². The average molecular weight is 545 g/mol. The number of rotatable bonds is 4. The van der Waals surface area contributed by atoms with Crippen molar-refractivity contribution in [1.29, 1.82) is 0 Å². The lowest BCUT2D eigenvalue weighted by Gasteiger charge is -2.45. The summed E-state index contributed by atoms with van der Waals surface area (Å²) in [6.45, 7) is 4.08. The van der Waals surface area contributed by atoms with Gasteiger partial charge in [-0.3, -0.25) is 0 Å². The summed E-state index contributed by atoms with van der Waals surface area (Å²) in [5, 5.41) is 26.3. The number of aryl methyl sites for hydroxylation is 2. The van der Waals surface area contributed by atoms with Crippen molar-refractivity contribution >= 4 is 0 Å². The van der Waals surface area contributed by atoms with Gasteiger partial charge < -0.3 is 10.2 Å². The maximum atomic E-state index is 13.1. The Bertz CT molecular complexity index is 1780. The zero-order valence-electron chi connectivity index (χ0n) is 23.8. The summed E-state index contributed by atoms with van der Waals surface area (Å²) in [5.74, 6) is 0. The first-order chi connectivity index (χ1) is 20.4. The molecule has 0 radical (unpaired) electrons. The molecule has 0 spiro atoms. The predicted octanol–water partition coefficient (Wildman–Crippen LogP) is 8.52. The molecule has 2 unspecified atom stereocenters. The van der Waals surface area contributed by atoms with Gasteiger partial charge in [0, 0.05) is 0 Å². The third kappa shape index (κ3) is 4.03. The second kappa shape index (κ2) is 9.95. The lowest BCUT2D eigenvalue weighted by molar-refractivity contribution is 0.0748. The highest BCUT2D eigenvalue weighted by Gasteiger charge is 2.51. The van der Waals surface area contributed by atoms with Gasteiger partial charge >= 0.3 is 0 Å². The van der Waals surface area contributed by atoms with E-state index in [1.54, 1.807) is 0 Å². The molecule has 2 nitrogen and oxygen atoms in total. The van der Waals surface area contributed by atoms with Crippen LogP contribution in [0.5, 0.6) is 0 Å². The molecule has 1 aliphatic rings. The summed E-state index contributed by atoms with van der Waals surface area (Å²) in [6, 6.07) is 48.7. The van der Waals surface area contributed by atoms with E-state index < -0.39 is 11.2 Å². The van der Waals surface area contributed by atoms with Crippen molar-refractivity contribution in [3.05, 3.63) is 190 Å². The maximum Gasteiger partial charge on any atom is 0.141 e. The standard InChI is InChI=1S/C40H32O2/c1-27-11-9-17-33(23-27)39(41)35-21-19-32(30-15-7-4-8-16-30)26-38(35)40(42,34-18-10-12-28(2)24-34)36-22-20-31(25-37(36)39)29-13-5-3-6-14-29/h3-26,41-42H,1-2H3. The van der Waals surface area contributed by atoms with E-state index in [-0.39, 0.29) is 0 Å². The number of benzene rings is 6. The third-order valence-electron chi connectivity index (χ3n) is 8.68. The molecule has 2 heteroatoms. The molecule has 0 heterocycles. The predicted molar refractivity (Wildman–Crippen MR) is 170 cm³/mol. The summed E-state index contributed by atoms with van der Waals surface area (Å²) in [4.78, 5) is 0. The number of aliphatic hydroxyl groups is 2. The molecule has 0 bridgehead atoms. The van der Waals surface area contributed by atoms with Crippen molar-refractivity contribution < 1.29 is 10.2 Å². The van der Waals surface area contributed by atoms with Gasteiger partial charge in [0.25, 0.3) is 0 Å². The normalized spacial score (nSPS) is 19.1. The molecule has 204 valence electrons. The van der Waals surface area contributed by atoms with E-state index in [4.69, 9.17) is 0 Å². The van der Waals surface area contributed by atoms with E-state index in [1.807, 2.05) is 111 Å². The van der Waals surface area contributed by atoms with Gasteiger partial charge in [0.2, 0.25) is 0 Å². The Labute approximate surface area is 247 Å². The molecule has 2 atom stereocenters. The van der Waals surface area contributed by atoms with Crippen LogP contribution in [-0.4, -0.2) is 10.2 Å². The fraction of sp³-hybridized carbons (Fsp3) is 0.100. The van der Waals surface area contributed by atoms with Gasteiger partial charge in [-0.15, -0.1) is 0 Å². The van der Waals surface area contributed by atoms with Crippen molar-refractivity contribution in [2.75, 3.05) is 0 Å². The van der Waals surface area contributed by atoms with Crippen molar-refractivity contribution in [3.8, 4) is 22.3 Å². The van der Waals surface area contributed by atoms with E-state index in [0.29, 0.717) is 22.3 Å². The first-order valence-corrected chi connectivity index (χ1v) is 14.4. The Morgan fingerprint density at radius 2 is 0.762 bits per heavy atom. The largest absolute Gasteiger partial charge is 0.376 e. The summed E-state index contributed by atoms with van der Waals surface area (Å²) in [5.41, 5.74) is 7.45. The fourth-order valence-corrected chi connectivity index (χ4v) is 6.59. The van der Waals surface area contributed by atoms with E-state index in [1.165, 1.54) is 0 Å². The summed E-state index contributed by atoms with van der Waals surface area (Å²) in [6.07, 6.45) is 0. The molecule has 0 amide bonds. The molecule has 0 aliphatic heterocycles. The fourth-order valence-electron chi connectivity index (χ4n) is 6.59. The Balaban J connectivity index is 1.60. The topological polar surface area (TPSA) is 40.5 Å². The van der Waals surface area contributed by atoms with Crippen molar-refractivity contribution in [1.82, 2.24) is 0 Å². The first-order valence-electron chi connectivity index (χ1n) is 14.4. The van der Waals surface area contributed by atoms with E-state index in [0.717, 1.165) is 44.5 Å². The Kier molecular flexibility index (Phi) is 6.20. The van der Waals surface area contributed by atoms with Crippen LogP contribution in [0.2, 0.25) is 0 Å². The highest BCUT2D eigenvalue weighted by molar-refractivity contribution is 5.75. The van der Waals surface area contributed by atoms with E-state index in [2.05, 4.69) is 48.5 Å². The number of hydrogen-bond acceptors (Lipinski definition) is 2. The number of fused-ring (bicyclic) bond motifs is 2. The van der Waals surface area contributed by atoms with E-state index >= 15 is 0 Å². The molecule has 6 aromatic rings. The zero-order valence-corrected chi connectivity index (χ0v) is 23.8. The minimum absolute atomic E-state index is 0.675. The Morgan fingerprint density at radius 1 is 0.357 bits per heavy atom. The molecule has 6 aromatic carbocycles. The highest BCUT2D eigenvalue weighted by Crippen LogP contribution is 2.54. The molecule has 42 heavy (non-hydrogen) atoms. The zero-order chi connectivity index (χ0) is 28.9. The van der Waals surface area contributed by atoms with Crippen LogP contribution < -0.4 is 0 Å². The molecule has 7 rings (SSSR count). The van der Waals surface area contributed by atoms with Crippen LogP contribution in [0, 0.1) is 13.8 Å².